The fourth-order valence-corrected chi connectivity index (χ4v) is 2.31. The summed E-state index contributed by atoms with van der Waals surface area (Å²) >= 11 is 0. The summed E-state index contributed by atoms with van der Waals surface area (Å²) in [5.74, 6) is -0.572. The third-order valence-electron chi connectivity index (χ3n) is 3.65. The molecule has 0 saturated carbocycles. The molecule has 0 radical (unpaired) electrons. The molecular formula is C21H20N2O5. The fraction of sp³-hybridized carbons (Fsp3) is 0.190. The summed E-state index contributed by atoms with van der Waals surface area (Å²) in [7, 11) is 0. The number of ether oxygens (including phenoxy) is 2. The molecule has 0 spiro atoms. The normalized spacial score (nSPS) is 10.9. The summed E-state index contributed by atoms with van der Waals surface area (Å²) in [5.41, 5.74) is 3.26. The minimum atomic E-state index is -0.638. The Hall–Kier alpha value is -3.70. The zero-order valence-corrected chi connectivity index (χ0v) is 15.4. The first kappa shape index (κ1) is 20.6. The molecule has 0 aliphatic heterocycles. The highest BCUT2D eigenvalue weighted by Gasteiger charge is 2.11. The van der Waals surface area contributed by atoms with Crippen LogP contribution >= 0.6 is 0 Å². The molecule has 2 aromatic rings. The molecule has 1 atom stereocenters. The van der Waals surface area contributed by atoms with Crippen LogP contribution in [0.15, 0.2) is 66.2 Å². The highest BCUT2D eigenvalue weighted by atomic mass is 16.6. The first-order valence-corrected chi connectivity index (χ1v) is 8.52. The maximum atomic E-state index is 11.9. The van der Waals surface area contributed by atoms with E-state index in [9.17, 15) is 14.4 Å². The Kier molecular flexibility index (Phi) is 7.69. The Bertz CT molecular complexity index is 869. The molecule has 1 N–H and O–H groups in total. The Morgan fingerprint density at radius 1 is 1.14 bits per heavy atom. The van der Waals surface area contributed by atoms with Crippen molar-refractivity contribution in [3.8, 4) is 0 Å². The van der Waals surface area contributed by atoms with E-state index in [2.05, 4.69) is 16.9 Å². The topological polar surface area (TPSA) is 94.1 Å². The third kappa shape index (κ3) is 6.90. The number of hydrogen-bond acceptors (Lipinski definition) is 6. The number of nitrogens with zero attached hydrogens (tertiary/aromatic N) is 1. The minimum Gasteiger partial charge on any atom is -0.459 e. The van der Waals surface area contributed by atoms with Crippen molar-refractivity contribution >= 4 is 29.5 Å². The zero-order chi connectivity index (χ0) is 20.4. The molecule has 2 rings (SSSR count). The molecule has 1 unspecified atom stereocenters. The summed E-state index contributed by atoms with van der Waals surface area (Å²) in [6, 6.07) is 14.6. The smallest absolute Gasteiger partial charge is 0.412 e. The number of amides is 1. The first-order chi connectivity index (χ1) is 13.5. The van der Waals surface area contributed by atoms with Gasteiger partial charge in [0.05, 0.1) is 5.69 Å². The molecule has 7 nitrogen and oxygen atoms in total. The molecule has 7 heteroatoms. The lowest BCUT2D eigenvalue weighted by Crippen LogP contribution is -2.24. The second-order valence-corrected chi connectivity index (χ2v) is 5.92. The number of carbonyl (C=O) groups excluding carboxylic acids is 3. The Morgan fingerprint density at radius 3 is 2.32 bits per heavy atom. The molecule has 0 fully saturated rings. The van der Waals surface area contributed by atoms with Crippen molar-refractivity contribution in [2.45, 2.75) is 19.4 Å². The quantitative estimate of drug-likeness (QED) is 0.324. The number of hydrogen-bond donors (Lipinski definition) is 1. The molecule has 0 aliphatic carbocycles. The highest BCUT2D eigenvalue weighted by Crippen LogP contribution is 2.17. The monoisotopic (exact) mass is 380 g/mol. The minimum absolute atomic E-state index is 0.0475. The van der Waals surface area contributed by atoms with E-state index in [1.165, 1.54) is 6.08 Å². The van der Waals surface area contributed by atoms with E-state index in [4.69, 9.17) is 9.47 Å². The van der Waals surface area contributed by atoms with E-state index in [1.807, 2.05) is 24.3 Å². The summed E-state index contributed by atoms with van der Waals surface area (Å²) in [6.45, 7) is 4.86. The molecule has 28 heavy (non-hydrogen) atoms. The van der Waals surface area contributed by atoms with Crippen LogP contribution in [0.3, 0.4) is 0 Å². The van der Waals surface area contributed by atoms with E-state index >= 15 is 0 Å². The summed E-state index contributed by atoms with van der Waals surface area (Å²) in [6.07, 6.45) is 2.02. The number of nitrogens with one attached hydrogen (secondary N) is 1. The van der Waals surface area contributed by atoms with Crippen LogP contribution in [-0.4, -0.2) is 30.9 Å². The van der Waals surface area contributed by atoms with E-state index in [0.29, 0.717) is 17.8 Å². The molecule has 0 bridgehead atoms. The fourth-order valence-electron chi connectivity index (χ4n) is 2.31. The van der Waals surface area contributed by atoms with Crippen LogP contribution in [-0.2, 0) is 25.5 Å². The van der Waals surface area contributed by atoms with Gasteiger partial charge in [0.25, 0.3) is 0 Å². The zero-order valence-electron chi connectivity index (χ0n) is 15.4. The number of carbonyl (C=O) groups is 2. The van der Waals surface area contributed by atoms with E-state index in [-0.39, 0.29) is 6.61 Å². The highest BCUT2D eigenvalue weighted by molar-refractivity contribution is 5.84. The second kappa shape index (κ2) is 10.4. The lowest BCUT2D eigenvalue weighted by atomic mass is 10.0. The lowest BCUT2D eigenvalue weighted by molar-refractivity contribution is -0.140. The van der Waals surface area contributed by atoms with Gasteiger partial charge in [-0.2, -0.15) is 4.99 Å². The largest absolute Gasteiger partial charge is 0.459 e. The predicted molar refractivity (Wildman–Crippen MR) is 104 cm³/mol. The van der Waals surface area contributed by atoms with Crippen molar-refractivity contribution in [2.75, 3.05) is 11.9 Å². The van der Waals surface area contributed by atoms with Crippen molar-refractivity contribution in [3.05, 3.63) is 72.3 Å². The maximum Gasteiger partial charge on any atom is 0.412 e. The Labute approximate surface area is 162 Å². The van der Waals surface area contributed by atoms with Gasteiger partial charge in [0, 0.05) is 11.8 Å². The van der Waals surface area contributed by atoms with Crippen molar-refractivity contribution in [1.29, 1.82) is 0 Å². The molecule has 0 aromatic heterocycles. The number of isocyanates is 1. The van der Waals surface area contributed by atoms with E-state index < -0.39 is 18.2 Å². The number of benzene rings is 2. The molecule has 0 heterocycles. The van der Waals surface area contributed by atoms with Gasteiger partial charge in [0.2, 0.25) is 6.08 Å². The third-order valence-corrected chi connectivity index (χ3v) is 3.65. The number of anilines is 1. The molecule has 0 saturated heterocycles. The van der Waals surface area contributed by atoms with Crippen molar-refractivity contribution in [1.82, 2.24) is 0 Å². The van der Waals surface area contributed by atoms with Crippen LogP contribution in [0.1, 0.15) is 18.1 Å². The molecule has 144 valence electrons. The van der Waals surface area contributed by atoms with Crippen LogP contribution in [0.4, 0.5) is 16.2 Å². The van der Waals surface area contributed by atoms with Crippen LogP contribution in [0.25, 0.3) is 0 Å². The number of rotatable bonds is 8. The van der Waals surface area contributed by atoms with Gasteiger partial charge in [-0.3, -0.25) is 5.32 Å². The van der Waals surface area contributed by atoms with Crippen LogP contribution in [0.5, 0.6) is 0 Å². The van der Waals surface area contributed by atoms with Crippen molar-refractivity contribution in [2.24, 2.45) is 4.99 Å². The van der Waals surface area contributed by atoms with E-state index in [0.717, 1.165) is 17.2 Å². The molecule has 2 aromatic carbocycles. The summed E-state index contributed by atoms with van der Waals surface area (Å²) in [5, 5.41) is 2.62. The second-order valence-electron chi connectivity index (χ2n) is 5.92. The maximum absolute atomic E-state index is 11.9. The van der Waals surface area contributed by atoms with Crippen LogP contribution in [0.2, 0.25) is 0 Å². The Balaban J connectivity index is 1.84. The number of aliphatic imine (C=N–C) groups is 1. The molecule has 0 aliphatic rings. The van der Waals surface area contributed by atoms with Gasteiger partial charge >= 0.3 is 12.1 Å². The van der Waals surface area contributed by atoms with Crippen molar-refractivity contribution in [3.63, 3.8) is 0 Å². The Morgan fingerprint density at radius 2 is 1.75 bits per heavy atom. The first-order valence-electron chi connectivity index (χ1n) is 8.52. The van der Waals surface area contributed by atoms with Gasteiger partial charge in [-0.15, -0.1) is 0 Å². The molecule has 1 amide bonds. The van der Waals surface area contributed by atoms with Crippen molar-refractivity contribution < 1.29 is 23.9 Å². The average Bonchev–Trinajstić information content (AvgIpc) is 2.69. The van der Waals surface area contributed by atoms with Gasteiger partial charge in [-0.1, -0.05) is 30.8 Å². The van der Waals surface area contributed by atoms with Gasteiger partial charge in [0.1, 0.15) is 12.7 Å². The van der Waals surface area contributed by atoms with Gasteiger partial charge < -0.3 is 9.47 Å². The predicted octanol–water partition coefficient (Wildman–Crippen LogP) is 3.91. The number of esters is 1. The average molecular weight is 380 g/mol. The lowest BCUT2D eigenvalue weighted by Gasteiger charge is -2.14. The van der Waals surface area contributed by atoms with Gasteiger partial charge in [0.15, 0.2) is 0 Å². The standard InChI is InChI=1S/C21H20N2O5/c1-3-20(25)27-13-15(2)28-21(26)23-19-10-6-17(7-11-19)12-16-4-8-18(9-5-16)22-14-24/h3-11,15H,1,12-13H2,2H3,(H,23,26). The van der Waals surface area contributed by atoms with E-state index in [1.54, 1.807) is 31.2 Å². The summed E-state index contributed by atoms with van der Waals surface area (Å²) < 4.78 is 9.92. The molecular weight excluding hydrogens is 360 g/mol. The van der Waals surface area contributed by atoms with Crippen LogP contribution in [0, 0.1) is 0 Å². The van der Waals surface area contributed by atoms with Gasteiger partial charge in [-0.05, 0) is 48.7 Å². The SMILES string of the molecule is C=CC(=O)OCC(C)OC(=O)Nc1ccc(Cc2ccc(N=C=O)cc2)cc1. The van der Waals surface area contributed by atoms with Crippen LogP contribution < -0.4 is 5.32 Å². The summed E-state index contributed by atoms with van der Waals surface area (Å²) in [4.78, 5) is 36.6. The van der Waals surface area contributed by atoms with Gasteiger partial charge in [-0.25, -0.2) is 14.4 Å².